The summed E-state index contributed by atoms with van der Waals surface area (Å²) in [4.78, 5) is 52.6. The molecule has 9 nitrogen and oxygen atoms in total. The molecule has 46 heavy (non-hydrogen) atoms. The quantitative estimate of drug-likeness (QED) is 0.134. The van der Waals surface area contributed by atoms with Crippen LogP contribution in [-0.4, -0.2) is 34.7 Å². The first kappa shape index (κ1) is 32.5. The summed E-state index contributed by atoms with van der Waals surface area (Å²) in [6.07, 6.45) is 1.40. The molecular formula is C34H27Cl2N5O4S. The van der Waals surface area contributed by atoms with Gasteiger partial charge in [-0.3, -0.25) is 19.2 Å². The van der Waals surface area contributed by atoms with E-state index in [4.69, 9.17) is 23.2 Å². The Hall–Kier alpha value is -4.90. The van der Waals surface area contributed by atoms with Gasteiger partial charge in [0, 0.05) is 31.8 Å². The molecule has 0 saturated heterocycles. The molecule has 0 radical (unpaired) electrons. The van der Waals surface area contributed by atoms with Crippen molar-refractivity contribution in [1.29, 1.82) is 0 Å². The second-order valence-electron chi connectivity index (χ2n) is 10.0. The van der Waals surface area contributed by atoms with E-state index >= 15 is 0 Å². The van der Waals surface area contributed by atoms with Crippen molar-refractivity contribution in [3.05, 3.63) is 130 Å². The Balaban J connectivity index is 1.27. The van der Waals surface area contributed by atoms with Gasteiger partial charge in [0.05, 0.1) is 17.4 Å². The van der Waals surface area contributed by atoms with E-state index in [1.807, 2.05) is 6.07 Å². The molecule has 1 aliphatic heterocycles. The number of nitrogens with one attached hydrogen (secondary N) is 3. The highest BCUT2D eigenvalue weighted by Crippen LogP contribution is 2.28. The number of anilines is 2. The molecule has 5 rings (SSSR count). The van der Waals surface area contributed by atoms with E-state index in [0.717, 1.165) is 0 Å². The van der Waals surface area contributed by atoms with Crippen molar-refractivity contribution in [2.75, 3.05) is 10.3 Å². The highest BCUT2D eigenvalue weighted by Gasteiger charge is 2.27. The topological polar surface area (TPSA) is 120 Å². The summed E-state index contributed by atoms with van der Waals surface area (Å²) in [7, 11) is 0. The van der Waals surface area contributed by atoms with Gasteiger partial charge in [-0.25, -0.2) is 0 Å². The lowest BCUT2D eigenvalue weighted by molar-refractivity contribution is -0.119. The average molecular weight is 673 g/mol. The van der Waals surface area contributed by atoms with Crippen molar-refractivity contribution in [3.8, 4) is 0 Å². The number of nitrogens with zero attached hydrogens (tertiary/aromatic N) is 2. The minimum absolute atomic E-state index is 0.0182. The molecule has 4 aromatic carbocycles. The zero-order valence-corrected chi connectivity index (χ0v) is 26.7. The van der Waals surface area contributed by atoms with E-state index in [2.05, 4.69) is 21.1 Å². The van der Waals surface area contributed by atoms with Crippen molar-refractivity contribution in [2.45, 2.75) is 23.5 Å². The van der Waals surface area contributed by atoms with Crippen molar-refractivity contribution < 1.29 is 19.2 Å². The molecule has 1 heterocycles. The number of para-hydroxylation sites is 1. The number of rotatable bonds is 9. The third kappa shape index (κ3) is 8.22. The lowest BCUT2D eigenvalue weighted by Crippen LogP contribution is -2.35. The molecule has 4 aromatic rings. The highest BCUT2D eigenvalue weighted by molar-refractivity contribution is 8.00. The molecular weight excluding hydrogens is 645 g/mol. The number of amidine groups is 1. The van der Waals surface area contributed by atoms with Crippen LogP contribution in [0.3, 0.4) is 0 Å². The van der Waals surface area contributed by atoms with E-state index in [0.29, 0.717) is 37.4 Å². The number of carbonyl (C=O) groups is 4. The normalized spacial score (nSPS) is 13.5. The van der Waals surface area contributed by atoms with Gasteiger partial charge in [0.15, 0.2) is 0 Å². The first-order valence-corrected chi connectivity index (χ1v) is 15.7. The van der Waals surface area contributed by atoms with Crippen molar-refractivity contribution in [1.82, 2.24) is 10.6 Å². The number of carbonyl (C=O) groups excluding carboxylic acids is 4. The van der Waals surface area contributed by atoms with Gasteiger partial charge in [-0.1, -0.05) is 71.7 Å². The Bertz CT molecular complexity index is 1830. The van der Waals surface area contributed by atoms with Gasteiger partial charge in [-0.15, -0.1) is 11.8 Å². The fraction of sp³-hybridized carbons (Fsp3) is 0.0882. The maximum Gasteiger partial charge on any atom is 0.272 e. The summed E-state index contributed by atoms with van der Waals surface area (Å²) in [6.45, 7) is 1.73. The van der Waals surface area contributed by atoms with Crippen LogP contribution in [0.4, 0.5) is 11.4 Å². The second kappa shape index (κ2) is 14.9. The molecule has 0 aliphatic carbocycles. The summed E-state index contributed by atoms with van der Waals surface area (Å²) in [5, 5.41) is 13.8. The van der Waals surface area contributed by atoms with Crippen LogP contribution in [0.2, 0.25) is 10.0 Å². The molecule has 0 spiro atoms. The molecule has 0 aromatic heterocycles. The third-order valence-electron chi connectivity index (χ3n) is 6.64. The third-order valence-corrected chi connectivity index (χ3v) is 8.39. The smallest absolute Gasteiger partial charge is 0.272 e. The molecule has 3 N–H and O–H groups in total. The summed E-state index contributed by atoms with van der Waals surface area (Å²) in [6, 6.07) is 29.3. The van der Waals surface area contributed by atoms with Crippen LogP contribution in [0.5, 0.6) is 0 Å². The maximum absolute atomic E-state index is 13.5. The Kier molecular flexibility index (Phi) is 10.5. The Morgan fingerprint density at radius 3 is 2.22 bits per heavy atom. The van der Waals surface area contributed by atoms with E-state index in [1.165, 1.54) is 22.8 Å². The van der Waals surface area contributed by atoms with Gasteiger partial charge < -0.3 is 16.0 Å². The van der Waals surface area contributed by atoms with E-state index in [9.17, 15) is 19.2 Å². The summed E-state index contributed by atoms with van der Waals surface area (Å²) in [5.74, 6) is -1.40. The zero-order chi connectivity index (χ0) is 32.6. The number of hydrogen-bond acceptors (Lipinski definition) is 6. The fourth-order valence-corrected chi connectivity index (χ4v) is 5.79. The van der Waals surface area contributed by atoms with Gasteiger partial charge in [0.1, 0.15) is 11.5 Å². The first-order chi connectivity index (χ1) is 22.2. The highest BCUT2D eigenvalue weighted by atomic mass is 35.5. The molecule has 0 bridgehead atoms. The van der Waals surface area contributed by atoms with Gasteiger partial charge >= 0.3 is 0 Å². The van der Waals surface area contributed by atoms with Crippen LogP contribution < -0.4 is 21.0 Å². The Morgan fingerprint density at radius 1 is 0.870 bits per heavy atom. The van der Waals surface area contributed by atoms with Crippen LogP contribution >= 0.6 is 35.0 Å². The predicted octanol–water partition coefficient (Wildman–Crippen LogP) is 6.75. The van der Waals surface area contributed by atoms with Crippen LogP contribution in [-0.2, 0) is 14.4 Å². The number of amides is 4. The molecule has 4 amide bonds. The fourth-order valence-electron chi connectivity index (χ4n) is 4.35. The number of hydrazone groups is 1. The van der Waals surface area contributed by atoms with Crippen molar-refractivity contribution >= 4 is 81.9 Å². The molecule has 1 unspecified atom stereocenters. The maximum atomic E-state index is 13.5. The van der Waals surface area contributed by atoms with Crippen LogP contribution in [0.25, 0.3) is 6.08 Å². The van der Waals surface area contributed by atoms with E-state index < -0.39 is 17.1 Å². The Labute approximate surface area is 279 Å². The van der Waals surface area contributed by atoms with Crippen LogP contribution in [0, 0.1) is 0 Å². The average Bonchev–Trinajstić information content (AvgIpc) is 3.42. The lowest BCUT2D eigenvalue weighted by Gasteiger charge is -2.14. The van der Waals surface area contributed by atoms with Gasteiger partial charge in [-0.2, -0.15) is 10.1 Å². The summed E-state index contributed by atoms with van der Waals surface area (Å²) < 4.78 is 0. The van der Waals surface area contributed by atoms with Crippen molar-refractivity contribution in [2.24, 2.45) is 5.10 Å². The van der Waals surface area contributed by atoms with Crippen LogP contribution in [0.15, 0.2) is 119 Å². The molecule has 232 valence electrons. The molecule has 0 fully saturated rings. The monoisotopic (exact) mass is 671 g/mol. The largest absolute Gasteiger partial charge is 0.321 e. The van der Waals surface area contributed by atoms with E-state index in [1.54, 1.807) is 104 Å². The Morgan fingerprint density at radius 2 is 1.52 bits per heavy atom. The predicted molar refractivity (Wildman–Crippen MR) is 183 cm³/mol. The van der Waals surface area contributed by atoms with Crippen LogP contribution in [0.1, 0.15) is 29.3 Å². The molecule has 1 atom stereocenters. The number of hydrogen-bond donors (Lipinski definition) is 3. The summed E-state index contributed by atoms with van der Waals surface area (Å²) in [5.41, 5.74) is 1.69. The zero-order valence-electron chi connectivity index (χ0n) is 24.4. The minimum atomic E-state index is -0.611. The minimum Gasteiger partial charge on any atom is -0.321 e. The molecule has 0 saturated carbocycles. The van der Waals surface area contributed by atoms with Gasteiger partial charge in [-0.05, 0) is 67.6 Å². The SMILES string of the molecule is CC(Sc1cccc(NC(=O)/C(=C\c2c(Cl)cccc2Cl)NC(=O)c2ccccc2)c1)C(=O)NC1=NN(c2ccccc2)C(=O)C1. The second-order valence-corrected chi connectivity index (χ2v) is 12.2. The van der Waals surface area contributed by atoms with E-state index in [-0.39, 0.29) is 29.8 Å². The molecule has 12 heteroatoms. The summed E-state index contributed by atoms with van der Waals surface area (Å²) >= 11 is 14.0. The standard InChI is InChI=1S/C34H27Cl2N5O4S/c1-21(32(43)39-30-20-31(42)41(40-30)24-13-6-3-7-14-24)46-25-15-8-12-23(18-25)37-34(45)29(19-26-27(35)16-9-17-28(26)36)38-33(44)22-10-4-2-5-11-22/h2-19,21H,20H2,1H3,(H,37,45)(H,38,44)(H,39,40,43)/b29-19+. The number of benzene rings is 4. The molecule has 1 aliphatic rings. The van der Waals surface area contributed by atoms with Crippen molar-refractivity contribution in [3.63, 3.8) is 0 Å². The number of thioether (sulfide) groups is 1. The number of halogens is 2. The first-order valence-electron chi connectivity index (χ1n) is 14.0. The van der Waals surface area contributed by atoms with Gasteiger partial charge in [0.25, 0.3) is 17.7 Å². The lowest BCUT2D eigenvalue weighted by atomic mass is 10.1. The van der Waals surface area contributed by atoms with Gasteiger partial charge in [0.2, 0.25) is 5.91 Å².